The van der Waals surface area contributed by atoms with Gasteiger partial charge in [0, 0.05) is 32.6 Å². The molecule has 0 saturated carbocycles. The van der Waals surface area contributed by atoms with E-state index >= 15 is 0 Å². The van der Waals surface area contributed by atoms with Crippen LogP contribution in [0.1, 0.15) is 24.8 Å². The minimum absolute atomic E-state index is 0.0421. The summed E-state index contributed by atoms with van der Waals surface area (Å²) in [6.07, 6.45) is 3.11. The number of nitrogens with zero attached hydrogens (tertiary/aromatic N) is 1. The van der Waals surface area contributed by atoms with Crippen molar-refractivity contribution in [1.82, 2.24) is 15.5 Å². The monoisotopic (exact) mass is 377 g/mol. The molecule has 1 aromatic carbocycles. The fourth-order valence-corrected chi connectivity index (χ4v) is 2.91. The number of hydrogen-bond donors (Lipinski definition) is 2. The molecule has 1 fully saturated rings. The Morgan fingerprint density at radius 3 is 2.52 bits per heavy atom. The molecule has 0 radical (unpaired) electrons. The molecule has 0 unspecified atom stereocenters. The van der Waals surface area contributed by atoms with Gasteiger partial charge in [-0.3, -0.25) is 14.5 Å². The lowest BCUT2D eigenvalue weighted by Gasteiger charge is -2.26. The summed E-state index contributed by atoms with van der Waals surface area (Å²) < 4.78 is 10.4. The maximum absolute atomic E-state index is 11.8. The van der Waals surface area contributed by atoms with Gasteiger partial charge in [-0.25, -0.2) is 0 Å². The number of rotatable bonds is 11. The maximum atomic E-state index is 11.8. The van der Waals surface area contributed by atoms with E-state index in [-0.39, 0.29) is 18.4 Å². The van der Waals surface area contributed by atoms with Gasteiger partial charge in [-0.2, -0.15) is 0 Å². The molecule has 0 atom stereocenters. The van der Waals surface area contributed by atoms with Crippen LogP contribution in [0.15, 0.2) is 24.3 Å². The molecule has 27 heavy (non-hydrogen) atoms. The molecule has 150 valence electrons. The van der Waals surface area contributed by atoms with Gasteiger partial charge in [0.25, 0.3) is 0 Å². The molecule has 2 rings (SSSR count). The normalized spacial score (nSPS) is 14.6. The summed E-state index contributed by atoms with van der Waals surface area (Å²) in [4.78, 5) is 25.9. The summed E-state index contributed by atoms with van der Waals surface area (Å²) in [5, 5.41) is 5.52. The molecule has 2 amide bonds. The van der Waals surface area contributed by atoms with Crippen LogP contribution >= 0.6 is 0 Å². The average molecular weight is 377 g/mol. The molecule has 0 spiro atoms. The van der Waals surface area contributed by atoms with Crippen LogP contribution in [0.5, 0.6) is 5.75 Å². The largest absolute Gasteiger partial charge is 0.497 e. The van der Waals surface area contributed by atoms with Crippen LogP contribution in [0, 0.1) is 0 Å². The maximum Gasteiger partial charge on any atom is 0.239 e. The van der Waals surface area contributed by atoms with Gasteiger partial charge >= 0.3 is 0 Å². The smallest absolute Gasteiger partial charge is 0.239 e. The van der Waals surface area contributed by atoms with Gasteiger partial charge in [-0.15, -0.1) is 0 Å². The summed E-state index contributed by atoms with van der Waals surface area (Å²) in [5.74, 6) is 0.629. The number of amides is 2. The summed E-state index contributed by atoms with van der Waals surface area (Å²) in [5.41, 5.74) is 1.23. The van der Waals surface area contributed by atoms with Crippen LogP contribution in [-0.2, 0) is 20.7 Å². The Hall–Kier alpha value is -2.12. The van der Waals surface area contributed by atoms with Crippen molar-refractivity contribution in [3.63, 3.8) is 0 Å². The molecule has 1 heterocycles. The van der Waals surface area contributed by atoms with Crippen LogP contribution in [0.3, 0.4) is 0 Å². The number of unbranched alkanes of at least 4 members (excludes halogenated alkanes) is 1. The van der Waals surface area contributed by atoms with Gasteiger partial charge in [0.2, 0.25) is 11.8 Å². The van der Waals surface area contributed by atoms with Crippen molar-refractivity contribution in [3.8, 4) is 5.75 Å². The van der Waals surface area contributed by atoms with Crippen molar-refractivity contribution < 1.29 is 19.1 Å². The summed E-state index contributed by atoms with van der Waals surface area (Å²) >= 11 is 0. The predicted molar refractivity (Wildman–Crippen MR) is 104 cm³/mol. The second-order valence-corrected chi connectivity index (χ2v) is 6.64. The molecule has 1 aliphatic rings. The number of ether oxygens (including phenoxy) is 2. The van der Waals surface area contributed by atoms with E-state index in [1.165, 1.54) is 5.56 Å². The first kappa shape index (κ1) is 21.2. The van der Waals surface area contributed by atoms with Crippen LogP contribution in [-0.4, -0.2) is 69.8 Å². The first-order valence-corrected chi connectivity index (χ1v) is 9.64. The Morgan fingerprint density at radius 2 is 1.81 bits per heavy atom. The van der Waals surface area contributed by atoms with Crippen molar-refractivity contribution in [3.05, 3.63) is 29.8 Å². The van der Waals surface area contributed by atoms with Crippen molar-refractivity contribution >= 4 is 11.8 Å². The van der Waals surface area contributed by atoms with Crippen molar-refractivity contribution in [1.29, 1.82) is 0 Å². The Labute approximate surface area is 161 Å². The number of hydrogen-bond acceptors (Lipinski definition) is 5. The molecule has 0 bridgehead atoms. The van der Waals surface area contributed by atoms with Gasteiger partial charge in [-0.1, -0.05) is 12.1 Å². The standard InChI is InChI=1S/C20H31N3O4/c1-26-18-8-6-17(7-9-18)4-2-3-5-19(24)22-16-20(25)21-10-11-23-12-14-27-15-13-23/h6-9H,2-5,10-16H2,1H3,(H,21,25)(H,22,24). The lowest BCUT2D eigenvalue weighted by Crippen LogP contribution is -2.43. The van der Waals surface area contributed by atoms with Gasteiger partial charge < -0.3 is 20.1 Å². The van der Waals surface area contributed by atoms with Crippen LogP contribution < -0.4 is 15.4 Å². The van der Waals surface area contributed by atoms with E-state index in [2.05, 4.69) is 15.5 Å². The number of methoxy groups -OCH3 is 1. The highest BCUT2D eigenvalue weighted by Crippen LogP contribution is 2.13. The van der Waals surface area contributed by atoms with E-state index in [0.29, 0.717) is 13.0 Å². The van der Waals surface area contributed by atoms with E-state index < -0.39 is 0 Å². The fourth-order valence-electron chi connectivity index (χ4n) is 2.91. The molecule has 7 nitrogen and oxygen atoms in total. The number of morpholine rings is 1. The highest BCUT2D eigenvalue weighted by atomic mass is 16.5. The average Bonchev–Trinajstić information content (AvgIpc) is 2.71. The SMILES string of the molecule is COc1ccc(CCCCC(=O)NCC(=O)NCCN2CCOCC2)cc1. The van der Waals surface area contributed by atoms with Crippen LogP contribution in [0.4, 0.5) is 0 Å². The van der Waals surface area contributed by atoms with E-state index in [9.17, 15) is 9.59 Å². The molecule has 7 heteroatoms. The molecule has 0 aromatic heterocycles. The van der Waals surface area contributed by atoms with Crippen LogP contribution in [0.2, 0.25) is 0 Å². The minimum Gasteiger partial charge on any atom is -0.497 e. The number of aryl methyl sites for hydroxylation is 1. The molecule has 1 aliphatic heterocycles. The zero-order valence-corrected chi connectivity index (χ0v) is 16.2. The van der Waals surface area contributed by atoms with Crippen LogP contribution in [0.25, 0.3) is 0 Å². The van der Waals surface area contributed by atoms with Gasteiger partial charge in [0.05, 0.1) is 26.9 Å². The molecule has 0 aliphatic carbocycles. The number of nitrogens with one attached hydrogen (secondary N) is 2. The number of carbonyl (C=O) groups excluding carboxylic acids is 2. The zero-order chi connectivity index (χ0) is 19.3. The third kappa shape index (κ3) is 8.88. The molecule has 1 saturated heterocycles. The lowest BCUT2D eigenvalue weighted by atomic mass is 10.1. The Bertz CT molecular complexity index is 571. The Balaban J connectivity index is 1.47. The van der Waals surface area contributed by atoms with E-state index in [1.807, 2.05) is 24.3 Å². The molecule has 2 N–H and O–H groups in total. The fraction of sp³-hybridized carbons (Fsp3) is 0.600. The molecule has 1 aromatic rings. The first-order chi connectivity index (χ1) is 13.2. The second-order valence-electron chi connectivity index (χ2n) is 6.64. The van der Waals surface area contributed by atoms with Gasteiger partial charge in [-0.05, 0) is 37.0 Å². The van der Waals surface area contributed by atoms with E-state index in [1.54, 1.807) is 7.11 Å². The van der Waals surface area contributed by atoms with Gasteiger partial charge in [0.1, 0.15) is 5.75 Å². The Kier molecular flexibility index (Phi) is 9.65. The summed E-state index contributed by atoms with van der Waals surface area (Å²) in [6, 6.07) is 7.97. The topological polar surface area (TPSA) is 79.9 Å². The lowest BCUT2D eigenvalue weighted by molar-refractivity contribution is -0.126. The van der Waals surface area contributed by atoms with Crippen molar-refractivity contribution in [2.24, 2.45) is 0 Å². The van der Waals surface area contributed by atoms with Gasteiger partial charge in [0.15, 0.2) is 0 Å². The molecular weight excluding hydrogens is 346 g/mol. The third-order valence-electron chi connectivity index (χ3n) is 4.58. The van der Waals surface area contributed by atoms with E-state index in [0.717, 1.165) is 57.9 Å². The summed E-state index contributed by atoms with van der Waals surface area (Å²) in [7, 11) is 1.65. The molecular formula is C20H31N3O4. The van der Waals surface area contributed by atoms with Crippen molar-refractivity contribution in [2.45, 2.75) is 25.7 Å². The van der Waals surface area contributed by atoms with Crippen molar-refractivity contribution in [2.75, 3.05) is 53.0 Å². The first-order valence-electron chi connectivity index (χ1n) is 9.64. The number of benzene rings is 1. The second kappa shape index (κ2) is 12.3. The Morgan fingerprint density at radius 1 is 1.07 bits per heavy atom. The zero-order valence-electron chi connectivity index (χ0n) is 16.2. The highest BCUT2D eigenvalue weighted by molar-refractivity contribution is 5.84. The number of carbonyl (C=O) groups is 2. The highest BCUT2D eigenvalue weighted by Gasteiger charge is 2.10. The van der Waals surface area contributed by atoms with E-state index in [4.69, 9.17) is 9.47 Å². The quantitative estimate of drug-likeness (QED) is 0.562. The minimum atomic E-state index is -0.144. The predicted octanol–water partition coefficient (Wildman–Crippen LogP) is 0.973. The summed E-state index contributed by atoms with van der Waals surface area (Å²) in [6.45, 7) is 4.77. The third-order valence-corrected chi connectivity index (χ3v) is 4.58.